The molecule has 0 saturated carbocycles. The molecule has 0 fully saturated rings. The maximum Gasteiger partial charge on any atom is -0.0276 e. The van der Waals surface area contributed by atoms with Crippen LogP contribution in [-0.2, 0) is 19.3 Å². The third-order valence-electron chi connectivity index (χ3n) is 5.94. The monoisotopic (exact) mass is 372 g/mol. The van der Waals surface area contributed by atoms with Crippen LogP contribution in [0.5, 0.6) is 0 Å². The molecule has 1 aromatic rings. The molecule has 0 nitrogen and oxygen atoms in total. The number of aryl methyl sites for hydroxylation is 3. The van der Waals surface area contributed by atoms with Crippen LogP contribution in [0.4, 0.5) is 0 Å². The van der Waals surface area contributed by atoms with Crippen molar-refractivity contribution < 1.29 is 0 Å². The van der Waals surface area contributed by atoms with E-state index < -0.39 is 0 Å². The summed E-state index contributed by atoms with van der Waals surface area (Å²) in [5.74, 6) is 0. The number of hydrogen-bond acceptors (Lipinski definition) is 0. The van der Waals surface area contributed by atoms with Crippen LogP contribution in [0.3, 0.4) is 0 Å². The zero-order valence-corrected chi connectivity index (χ0v) is 19.0. The van der Waals surface area contributed by atoms with Crippen molar-refractivity contribution in [2.45, 2.75) is 136 Å². The van der Waals surface area contributed by atoms with Gasteiger partial charge in [0.2, 0.25) is 0 Å². The molecule has 1 aromatic carbocycles. The van der Waals surface area contributed by atoms with Gasteiger partial charge in [0.25, 0.3) is 0 Å². The molecule has 0 atom stereocenters. The van der Waals surface area contributed by atoms with E-state index in [1.807, 2.05) is 0 Å². The molecule has 0 N–H and O–H groups in total. The Morgan fingerprint density at radius 1 is 0.444 bits per heavy atom. The van der Waals surface area contributed by atoms with Gasteiger partial charge in [-0.15, -0.1) is 0 Å². The van der Waals surface area contributed by atoms with E-state index in [1.54, 1.807) is 16.7 Å². The Bertz CT molecular complexity index is 445. The SMILES string of the molecule is CCCCCCCc1ccc(CCCCCCC)c(CCCCCCC)c1. The first-order valence-corrected chi connectivity index (χ1v) is 12.4. The zero-order valence-electron chi connectivity index (χ0n) is 19.0. The fourth-order valence-corrected chi connectivity index (χ4v) is 4.08. The van der Waals surface area contributed by atoms with E-state index in [9.17, 15) is 0 Å². The third-order valence-corrected chi connectivity index (χ3v) is 5.94. The van der Waals surface area contributed by atoms with E-state index in [4.69, 9.17) is 0 Å². The summed E-state index contributed by atoms with van der Waals surface area (Å²) in [5.41, 5.74) is 4.91. The number of rotatable bonds is 18. The second-order valence-electron chi connectivity index (χ2n) is 8.60. The van der Waals surface area contributed by atoms with E-state index >= 15 is 0 Å². The van der Waals surface area contributed by atoms with Crippen LogP contribution in [0, 0.1) is 0 Å². The first-order valence-electron chi connectivity index (χ1n) is 12.4. The van der Waals surface area contributed by atoms with E-state index in [0.717, 1.165) is 0 Å². The lowest BCUT2D eigenvalue weighted by Crippen LogP contribution is -1.98. The van der Waals surface area contributed by atoms with Gasteiger partial charge in [-0.2, -0.15) is 0 Å². The Morgan fingerprint density at radius 2 is 0.889 bits per heavy atom. The van der Waals surface area contributed by atoms with E-state index in [1.165, 1.54) is 116 Å². The predicted octanol–water partition coefficient (Wildman–Crippen LogP) is 9.23. The van der Waals surface area contributed by atoms with Crippen LogP contribution in [-0.4, -0.2) is 0 Å². The van der Waals surface area contributed by atoms with Crippen LogP contribution < -0.4 is 0 Å². The highest BCUT2D eigenvalue weighted by atomic mass is 14.1. The number of benzene rings is 1. The Hall–Kier alpha value is -0.780. The summed E-state index contributed by atoms with van der Waals surface area (Å²) in [7, 11) is 0. The molecule has 27 heavy (non-hydrogen) atoms. The largest absolute Gasteiger partial charge is 0.0654 e. The first-order chi connectivity index (χ1) is 13.3. The van der Waals surface area contributed by atoms with Crippen molar-refractivity contribution in [1.29, 1.82) is 0 Å². The van der Waals surface area contributed by atoms with Crippen molar-refractivity contribution in [3.63, 3.8) is 0 Å². The summed E-state index contributed by atoms with van der Waals surface area (Å²) < 4.78 is 0. The summed E-state index contributed by atoms with van der Waals surface area (Å²) in [6, 6.07) is 7.48. The van der Waals surface area contributed by atoms with Crippen molar-refractivity contribution in [3.8, 4) is 0 Å². The lowest BCUT2D eigenvalue weighted by atomic mass is 9.93. The molecule has 0 amide bonds. The van der Waals surface area contributed by atoms with Gasteiger partial charge in [0.1, 0.15) is 0 Å². The van der Waals surface area contributed by atoms with Gasteiger partial charge < -0.3 is 0 Å². The van der Waals surface area contributed by atoms with Gasteiger partial charge in [0, 0.05) is 0 Å². The summed E-state index contributed by atoms with van der Waals surface area (Å²) in [6.45, 7) is 6.91. The minimum atomic E-state index is 1.28. The van der Waals surface area contributed by atoms with Gasteiger partial charge in [0.15, 0.2) is 0 Å². The van der Waals surface area contributed by atoms with Gasteiger partial charge >= 0.3 is 0 Å². The summed E-state index contributed by atoms with van der Waals surface area (Å²) in [6.07, 6.45) is 24.7. The van der Waals surface area contributed by atoms with Crippen molar-refractivity contribution in [1.82, 2.24) is 0 Å². The molecule has 0 radical (unpaired) electrons. The van der Waals surface area contributed by atoms with Crippen LogP contribution in [0.2, 0.25) is 0 Å². The minimum Gasteiger partial charge on any atom is -0.0654 e. The first kappa shape index (κ1) is 24.3. The van der Waals surface area contributed by atoms with Gasteiger partial charge in [-0.1, -0.05) is 116 Å². The van der Waals surface area contributed by atoms with E-state index in [-0.39, 0.29) is 0 Å². The average Bonchev–Trinajstić information content (AvgIpc) is 2.68. The standard InChI is InChI=1S/C27H48/c1-4-7-10-13-16-19-25-22-23-26(20-17-14-11-8-5-2)27(24-25)21-18-15-12-9-6-3/h22-24H,4-21H2,1-3H3. The molecule has 0 bridgehead atoms. The molecule has 0 aromatic heterocycles. The highest BCUT2D eigenvalue weighted by molar-refractivity contribution is 5.32. The summed E-state index contributed by atoms with van der Waals surface area (Å²) in [5, 5.41) is 0. The van der Waals surface area contributed by atoms with E-state index in [2.05, 4.69) is 39.0 Å². The molecule has 0 aliphatic carbocycles. The maximum atomic E-state index is 2.57. The van der Waals surface area contributed by atoms with Gasteiger partial charge in [-0.05, 0) is 55.2 Å². The quantitative estimate of drug-likeness (QED) is 0.225. The van der Waals surface area contributed by atoms with Gasteiger partial charge in [-0.25, -0.2) is 0 Å². The molecule has 0 saturated heterocycles. The lowest BCUT2D eigenvalue weighted by Gasteiger charge is -2.13. The molecular formula is C27H48. The normalized spacial score (nSPS) is 11.2. The van der Waals surface area contributed by atoms with Crippen molar-refractivity contribution >= 4 is 0 Å². The molecule has 0 aliphatic rings. The van der Waals surface area contributed by atoms with E-state index in [0.29, 0.717) is 0 Å². The summed E-state index contributed by atoms with van der Waals surface area (Å²) in [4.78, 5) is 0. The Morgan fingerprint density at radius 3 is 1.41 bits per heavy atom. The van der Waals surface area contributed by atoms with Crippen LogP contribution in [0.1, 0.15) is 134 Å². The molecule has 0 unspecified atom stereocenters. The predicted molar refractivity (Wildman–Crippen MR) is 124 cm³/mol. The number of hydrogen-bond donors (Lipinski definition) is 0. The van der Waals surface area contributed by atoms with Gasteiger partial charge in [-0.3, -0.25) is 0 Å². The fourth-order valence-electron chi connectivity index (χ4n) is 4.08. The fraction of sp³-hybridized carbons (Fsp3) is 0.778. The highest BCUT2D eigenvalue weighted by Crippen LogP contribution is 2.20. The number of unbranched alkanes of at least 4 members (excludes halogenated alkanes) is 12. The smallest absolute Gasteiger partial charge is 0.0276 e. The summed E-state index contributed by atoms with van der Waals surface area (Å²) >= 11 is 0. The highest BCUT2D eigenvalue weighted by Gasteiger charge is 2.05. The molecular weight excluding hydrogens is 324 g/mol. The molecule has 0 aliphatic heterocycles. The van der Waals surface area contributed by atoms with Crippen molar-refractivity contribution in [3.05, 3.63) is 34.9 Å². The zero-order chi connectivity index (χ0) is 19.6. The van der Waals surface area contributed by atoms with Crippen LogP contribution in [0.15, 0.2) is 18.2 Å². The van der Waals surface area contributed by atoms with Crippen LogP contribution >= 0.6 is 0 Å². The molecule has 0 spiro atoms. The lowest BCUT2D eigenvalue weighted by molar-refractivity contribution is 0.619. The van der Waals surface area contributed by atoms with Gasteiger partial charge in [0.05, 0.1) is 0 Å². The molecule has 156 valence electrons. The third kappa shape index (κ3) is 12.3. The van der Waals surface area contributed by atoms with Crippen molar-refractivity contribution in [2.24, 2.45) is 0 Å². The van der Waals surface area contributed by atoms with Crippen molar-refractivity contribution in [2.75, 3.05) is 0 Å². The topological polar surface area (TPSA) is 0 Å². The molecule has 0 heteroatoms. The van der Waals surface area contributed by atoms with Crippen LogP contribution in [0.25, 0.3) is 0 Å². The molecule has 1 rings (SSSR count). The Labute approximate surface area is 171 Å². The average molecular weight is 373 g/mol. The Kier molecular flexibility index (Phi) is 15.6. The maximum absolute atomic E-state index is 2.57. The molecule has 0 heterocycles. The minimum absolute atomic E-state index is 1.28. The second-order valence-corrected chi connectivity index (χ2v) is 8.60. The Balaban J connectivity index is 2.52. The second kappa shape index (κ2) is 17.3.